The van der Waals surface area contributed by atoms with E-state index in [0.29, 0.717) is 12.3 Å². The van der Waals surface area contributed by atoms with Crippen molar-refractivity contribution in [1.29, 1.82) is 0 Å². The molecule has 2 atom stereocenters. The minimum Gasteiger partial charge on any atom is -0.345 e. The molecule has 0 rings (SSSR count). The van der Waals surface area contributed by atoms with Gasteiger partial charge in [0.05, 0.1) is 12.1 Å². The molecule has 0 aliphatic carbocycles. The maximum atomic E-state index is 11.2. The van der Waals surface area contributed by atoms with Crippen LogP contribution in [0.4, 0.5) is 0 Å². The molecular formula is C9H19N3O2. The van der Waals surface area contributed by atoms with Crippen LogP contribution < -0.4 is 16.8 Å². The molecule has 5 nitrogen and oxygen atoms in total. The Hall–Kier alpha value is -0.940. The SMILES string of the molecule is CC(C)C[C@@H](C=O)NC(=O)[C@@H](N)CN. The maximum Gasteiger partial charge on any atom is 0.238 e. The van der Waals surface area contributed by atoms with E-state index in [4.69, 9.17) is 11.5 Å². The predicted molar refractivity (Wildman–Crippen MR) is 54.5 cm³/mol. The second-order valence-corrected chi connectivity index (χ2v) is 3.72. The average Bonchev–Trinajstić information content (AvgIpc) is 2.14. The van der Waals surface area contributed by atoms with Crippen LogP contribution in [0, 0.1) is 5.92 Å². The highest BCUT2D eigenvalue weighted by molar-refractivity contribution is 5.84. The highest BCUT2D eigenvalue weighted by Crippen LogP contribution is 2.02. The Balaban J connectivity index is 4.04. The van der Waals surface area contributed by atoms with Crippen molar-refractivity contribution in [2.45, 2.75) is 32.4 Å². The van der Waals surface area contributed by atoms with E-state index in [0.717, 1.165) is 6.29 Å². The van der Waals surface area contributed by atoms with Gasteiger partial charge in [-0.05, 0) is 12.3 Å². The summed E-state index contributed by atoms with van der Waals surface area (Å²) in [5, 5.41) is 2.54. The van der Waals surface area contributed by atoms with Crippen molar-refractivity contribution in [3.63, 3.8) is 0 Å². The van der Waals surface area contributed by atoms with Gasteiger partial charge in [0.2, 0.25) is 5.91 Å². The Bertz CT molecular complexity index is 194. The van der Waals surface area contributed by atoms with Crippen LogP contribution in [0.5, 0.6) is 0 Å². The number of hydrogen-bond donors (Lipinski definition) is 3. The fourth-order valence-corrected chi connectivity index (χ4v) is 1.05. The third-order valence-electron chi connectivity index (χ3n) is 1.81. The van der Waals surface area contributed by atoms with E-state index < -0.39 is 12.1 Å². The molecule has 0 aromatic carbocycles. The summed E-state index contributed by atoms with van der Waals surface area (Å²) in [5.41, 5.74) is 10.6. The van der Waals surface area contributed by atoms with Crippen LogP contribution in [0.2, 0.25) is 0 Å². The first kappa shape index (κ1) is 13.1. The molecule has 0 aromatic heterocycles. The number of aldehydes is 1. The number of carbonyl (C=O) groups excluding carboxylic acids is 2. The summed E-state index contributed by atoms with van der Waals surface area (Å²) in [7, 11) is 0. The molecule has 0 aliphatic rings. The lowest BCUT2D eigenvalue weighted by molar-refractivity contribution is -0.125. The van der Waals surface area contributed by atoms with Gasteiger partial charge in [0.1, 0.15) is 6.29 Å². The zero-order valence-electron chi connectivity index (χ0n) is 8.69. The minimum absolute atomic E-state index is 0.0824. The van der Waals surface area contributed by atoms with Gasteiger partial charge in [0.15, 0.2) is 0 Å². The van der Waals surface area contributed by atoms with Gasteiger partial charge < -0.3 is 21.6 Å². The van der Waals surface area contributed by atoms with Crippen LogP contribution in [-0.4, -0.2) is 30.8 Å². The summed E-state index contributed by atoms with van der Waals surface area (Å²) in [6, 6.07) is -1.19. The average molecular weight is 201 g/mol. The Morgan fingerprint density at radius 3 is 2.43 bits per heavy atom. The lowest BCUT2D eigenvalue weighted by Gasteiger charge is -2.17. The standard InChI is InChI=1S/C9H19N3O2/c1-6(2)3-7(5-13)12-9(14)8(11)4-10/h5-8H,3-4,10-11H2,1-2H3,(H,12,14)/t7-,8-/m0/s1. The van der Waals surface area contributed by atoms with Crippen LogP contribution in [-0.2, 0) is 9.59 Å². The molecule has 0 bridgehead atoms. The summed E-state index contributed by atoms with van der Waals surface area (Å²) in [6.45, 7) is 4.04. The molecule has 0 radical (unpaired) electrons. The van der Waals surface area contributed by atoms with E-state index in [1.54, 1.807) is 0 Å². The summed E-state index contributed by atoms with van der Waals surface area (Å²) < 4.78 is 0. The molecule has 0 aromatic rings. The fraction of sp³-hybridized carbons (Fsp3) is 0.778. The van der Waals surface area contributed by atoms with E-state index in [2.05, 4.69) is 5.32 Å². The number of hydrogen-bond acceptors (Lipinski definition) is 4. The lowest BCUT2D eigenvalue weighted by Crippen LogP contribution is -2.49. The van der Waals surface area contributed by atoms with Crippen LogP contribution in [0.3, 0.4) is 0 Å². The van der Waals surface area contributed by atoms with Gasteiger partial charge >= 0.3 is 0 Å². The highest BCUT2D eigenvalue weighted by Gasteiger charge is 2.16. The third-order valence-corrected chi connectivity index (χ3v) is 1.81. The minimum atomic E-state index is -0.732. The summed E-state index contributed by atoms with van der Waals surface area (Å²) >= 11 is 0. The molecule has 0 fully saturated rings. The quantitative estimate of drug-likeness (QED) is 0.480. The fourth-order valence-electron chi connectivity index (χ4n) is 1.05. The van der Waals surface area contributed by atoms with E-state index in [9.17, 15) is 9.59 Å². The molecule has 0 aliphatic heterocycles. The Labute approximate surface area is 84.2 Å². The first-order chi connectivity index (χ1) is 6.51. The highest BCUT2D eigenvalue weighted by atomic mass is 16.2. The normalized spacial score (nSPS) is 14.9. The smallest absolute Gasteiger partial charge is 0.238 e. The first-order valence-electron chi connectivity index (χ1n) is 4.72. The molecule has 0 saturated heterocycles. The van der Waals surface area contributed by atoms with Crippen LogP contribution in [0.25, 0.3) is 0 Å². The topological polar surface area (TPSA) is 98.2 Å². The second-order valence-electron chi connectivity index (χ2n) is 3.72. The molecule has 82 valence electrons. The number of rotatable bonds is 6. The molecule has 14 heavy (non-hydrogen) atoms. The summed E-state index contributed by atoms with van der Waals surface area (Å²) in [6.07, 6.45) is 1.34. The molecule has 0 saturated carbocycles. The van der Waals surface area contributed by atoms with Crippen molar-refractivity contribution in [1.82, 2.24) is 5.32 Å². The van der Waals surface area contributed by atoms with Gasteiger partial charge in [-0.1, -0.05) is 13.8 Å². The number of nitrogens with one attached hydrogen (secondary N) is 1. The van der Waals surface area contributed by atoms with Crippen molar-refractivity contribution >= 4 is 12.2 Å². The zero-order valence-corrected chi connectivity index (χ0v) is 8.69. The van der Waals surface area contributed by atoms with Gasteiger partial charge in [-0.3, -0.25) is 4.79 Å². The van der Waals surface area contributed by atoms with E-state index in [1.165, 1.54) is 0 Å². The molecular weight excluding hydrogens is 182 g/mol. The van der Waals surface area contributed by atoms with Gasteiger partial charge in [0, 0.05) is 6.54 Å². The van der Waals surface area contributed by atoms with Gasteiger partial charge in [-0.2, -0.15) is 0 Å². The maximum absolute atomic E-state index is 11.2. The monoisotopic (exact) mass is 201 g/mol. The zero-order chi connectivity index (χ0) is 11.1. The van der Waals surface area contributed by atoms with Gasteiger partial charge in [0.25, 0.3) is 0 Å². The van der Waals surface area contributed by atoms with Gasteiger partial charge in [-0.25, -0.2) is 0 Å². The largest absolute Gasteiger partial charge is 0.345 e. The Morgan fingerprint density at radius 1 is 1.50 bits per heavy atom. The molecule has 5 N–H and O–H groups in total. The second kappa shape index (κ2) is 6.50. The molecule has 0 heterocycles. The molecule has 0 unspecified atom stereocenters. The van der Waals surface area contributed by atoms with Crippen molar-refractivity contribution in [2.75, 3.05) is 6.54 Å². The van der Waals surface area contributed by atoms with Gasteiger partial charge in [-0.15, -0.1) is 0 Å². The van der Waals surface area contributed by atoms with Crippen molar-refractivity contribution in [3.05, 3.63) is 0 Å². The predicted octanol–water partition coefficient (Wildman–Crippen LogP) is -0.998. The van der Waals surface area contributed by atoms with Crippen molar-refractivity contribution < 1.29 is 9.59 Å². The first-order valence-corrected chi connectivity index (χ1v) is 4.72. The Morgan fingerprint density at radius 2 is 2.07 bits per heavy atom. The third kappa shape index (κ3) is 4.94. The summed E-state index contributed by atoms with van der Waals surface area (Å²) in [4.78, 5) is 21.9. The van der Waals surface area contributed by atoms with Crippen molar-refractivity contribution in [3.8, 4) is 0 Å². The van der Waals surface area contributed by atoms with Crippen molar-refractivity contribution in [2.24, 2.45) is 17.4 Å². The molecule has 0 spiro atoms. The van der Waals surface area contributed by atoms with Crippen LogP contribution in [0.15, 0.2) is 0 Å². The number of carbonyl (C=O) groups is 2. The van der Waals surface area contributed by atoms with Crippen LogP contribution >= 0.6 is 0 Å². The molecule has 5 heteroatoms. The van der Waals surface area contributed by atoms with Crippen LogP contribution in [0.1, 0.15) is 20.3 Å². The number of amides is 1. The van der Waals surface area contributed by atoms with E-state index in [1.807, 2.05) is 13.8 Å². The molecule has 1 amide bonds. The van der Waals surface area contributed by atoms with E-state index >= 15 is 0 Å². The lowest BCUT2D eigenvalue weighted by atomic mass is 10.0. The summed E-state index contributed by atoms with van der Waals surface area (Å²) in [5.74, 6) is -0.0233. The van der Waals surface area contributed by atoms with E-state index in [-0.39, 0.29) is 12.5 Å². The Kier molecular flexibility index (Phi) is 6.07. The number of nitrogens with two attached hydrogens (primary N) is 2.